The van der Waals surface area contributed by atoms with Gasteiger partial charge in [0, 0.05) is 25.0 Å². The molecule has 1 aromatic carbocycles. The van der Waals surface area contributed by atoms with E-state index in [9.17, 15) is 9.18 Å². The van der Waals surface area contributed by atoms with Crippen LogP contribution < -0.4 is 5.73 Å². The number of nitrogens with two attached hydrogens (primary N) is 1. The maximum atomic E-state index is 13.5. The van der Waals surface area contributed by atoms with E-state index in [-0.39, 0.29) is 17.8 Å². The average Bonchev–Trinajstić information content (AvgIpc) is 2.78. The average molecular weight is 264 g/mol. The summed E-state index contributed by atoms with van der Waals surface area (Å²) < 4.78 is 13.5. The van der Waals surface area contributed by atoms with E-state index in [2.05, 4.69) is 6.92 Å². The molecule has 1 fully saturated rings. The second-order valence-corrected chi connectivity index (χ2v) is 5.34. The van der Waals surface area contributed by atoms with E-state index < -0.39 is 0 Å². The van der Waals surface area contributed by atoms with Gasteiger partial charge in [0.1, 0.15) is 5.82 Å². The molecule has 0 aliphatic carbocycles. The van der Waals surface area contributed by atoms with Gasteiger partial charge < -0.3 is 10.6 Å². The fraction of sp³-hybridized carbons (Fsp3) is 0.533. The van der Waals surface area contributed by atoms with Crippen molar-refractivity contribution in [3.8, 4) is 0 Å². The van der Waals surface area contributed by atoms with Crippen molar-refractivity contribution in [3.63, 3.8) is 0 Å². The van der Waals surface area contributed by atoms with E-state index >= 15 is 0 Å². The number of halogens is 1. The molecule has 104 valence electrons. The maximum absolute atomic E-state index is 13.5. The first-order valence-electron chi connectivity index (χ1n) is 6.86. The van der Waals surface area contributed by atoms with Gasteiger partial charge in [-0.05, 0) is 37.8 Å². The Morgan fingerprint density at radius 3 is 2.89 bits per heavy atom. The minimum Gasteiger partial charge on any atom is -0.340 e. The van der Waals surface area contributed by atoms with E-state index in [1.165, 1.54) is 6.07 Å². The third kappa shape index (κ3) is 3.53. The summed E-state index contributed by atoms with van der Waals surface area (Å²) in [4.78, 5) is 14.0. The molecule has 1 aromatic rings. The molecule has 0 saturated carbocycles. The molecule has 19 heavy (non-hydrogen) atoms. The molecule has 1 unspecified atom stereocenters. The van der Waals surface area contributed by atoms with Crippen LogP contribution in [0.2, 0.25) is 0 Å². The maximum Gasteiger partial charge on any atom is 0.224 e. The molecular weight excluding hydrogens is 243 g/mol. The first-order valence-corrected chi connectivity index (χ1v) is 6.86. The lowest BCUT2D eigenvalue weighted by molar-refractivity contribution is -0.132. The van der Waals surface area contributed by atoms with Crippen LogP contribution in [0.5, 0.6) is 0 Å². The van der Waals surface area contributed by atoms with E-state index in [0.717, 1.165) is 19.4 Å². The number of amides is 1. The standard InChI is InChI=1S/C15H21FN2O/c1-11-5-4-8-18(11)15(19)10-13(17)9-12-6-2-3-7-14(12)16/h2-3,6-7,11,13H,4-5,8-10,17H2,1H3/t11-,13?/m1/s1. The molecule has 4 heteroatoms. The Morgan fingerprint density at radius 2 is 2.26 bits per heavy atom. The fourth-order valence-electron chi connectivity index (χ4n) is 2.66. The summed E-state index contributed by atoms with van der Waals surface area (Å²) in [5.41, 5.74) is 6.56. The van der Waals surface area contributed by atoms with Crippen molar-refractivity contribution in [2.45, 2.75) is 44.7 Å². The van der Waals surface area contributed by atoms with Gasteiger partial charge >= 0.3 is 0 Å². The van der Waals surface area contributed by atoms with Crippen LogP contribution in [0.1, 0.15) is 31.7 Å². The highest BCUT2D eigenvalue weighted by Gasteiger charge is 2.26. The molecule has 3 nitrogen and oxygen atoms in total. The first kappa shape index (κ1) is 14.0. The zero-order chi connectivity index (χ0) is 13.8. The molecule has 2 atom stereocenters. The third-order valence-corrected chi connectivity index (χ3v) is 3.75. The van der Waals surface area contributed by atoms with Crippen molar-refractivity contribution in [2.24, 2.45) is 5.73 Å². The van der Waals surface area contributed by atoms with Gasteiger partial charge in [-0.1, -0.05) is 18.2 Å². The Kier molecular flexibility index (Phi) is 4.53. The molecule has 0 aromatic heterocycles. The Labute approximate surface area is 113 Å². The zero-order valence-corrected chi connectivity index (χ0v) is 11.3. The van der Waals surface area contributed by atoms with Crippen LogP contribution in [0.15, 0.2) is 24.3 Å². The molecule has 1 saturated heterocycles. The first-order chi connectivity index (χ1) is 9.08. The third-order valence-electron chi connectivity index (χ3n) is 3.75. The predicted octanol–water partition coefficient (Wildman–Crippen LogP) is 2.10. The van der Waals surface area contributed by atoms with Gasteiger partial charge in [-0.3, -0.25) is 4.79 Å². The van der Waals surface area contributed by atoms with E-state index in [1.54, 1.807) is 18.2 Å². The van der Waals surface area contributed by atoms with Gasteiger partial charge in [0.15, 0.2) is 0 Å². The summed E-state index contributed by atoms with van der Waals surface area (Å²) in [7, 11) is 0. The Bertz CT molecular complexity index is 450. The van der Waals surface area contributed by atoms with Gasteiger partial charge in [-0.2, -0.15) is 0 Å². The van der Waals surface area contributed by atoms with Crippen LogP contribution in [0.25, 0.3) is 0 Å². The molecule has 0 spiro atoms. The molecule has 1 amide bonds. The van der Waals surface area contributed by atoms with Crippen molar-refractivity contribution in [3.05, 3.63) is 35.6 Å². The van der Waals surface area contributed by atoms with E-state index in [4.69, 9.17) is 5.73 Å². The predicted molar refractivity (Wildman–Crippen MR) is 73.1 cm³/mol. The van der Waals surface area contributed by atoms with Crippen molar-refractivity contribution >= 4 is 5.91 Å². The highest BCUT2D eigenvalue weighted by atomic mass is 19.1. The normalized spacial score (nSPS) is 20.6. The largest absolute Gasteiger partial charge is 0.340 e. The van der Waals surface area contributed by atoms with Gasteiger partial charge in [-0.25, -0.2) is 4.39 Å². The second-order valence-electron chi connectivity index (χ2n) is 5.34. The van der Waals surface area contributed by atoms with E-state index in [1.807, 2.05) is 4.90 Å². The highest BCUT2D eigenvalue weighted by Crippen LogP contribution is 2.18. The number of carbonyl (C=O) groups excluding carboxylic acids is 1. The Balaban J connectivity index is 1.89. The van der Waals surface area contributed by atoms with Crippen molar-refractivity contribution in [2.75, 3.05) is 6.54 Å². The molecule has 1 heterocycles. The monoisotopic (exact) mass is 264 g/mol. The van der Waals surface area contributed by atoms with Gasteiger partial charge in [0.2, 0.25) is 5.91 Å². The van der Waals surface area contributed by atoms with Crippen LogP contribution in [-0.4, -0.2) is 29.4 Å². The van der Waals surface area contributed by atoms with Crippen molar-refractivity contribution < 1.29 is 9.18 Å². The number of rotatable bonds is 4. The summed E-state index contributed by atoms with van der Waals surface area (Å²) in [6.07, 6.45) is 2.82. The molecule has 2 rings (SSSR count). The quantitative estimate of drug-likeness (QED) is 0.905. The lowest BCUT2D eigenvalue weighted by Crippen LogP contribution is -2.38. The summed E-state index contributed by atoms with van der Waals surface area (Å²) in [6, 6.07) is 6.58. The highest BCUT2D eigenvalue weighted by molar-refractivity contribution is 5.77. The van der Waals surface area contributed by atoms with Crippen LogP contribution in [-0.2, 0) is 11.2 Å². The molecule has 0 bridgehead atoms. The summed E-state index contributed by atoms with van der Waals surface area (Å²) in [5.74, 6) is -0.159. The number of likely N-dealkylation sites (tertiary alicyclic amines) is 1. The van der Waals surface area contributed by atoms with Crippen molar-refractivity contribution in [1.29, 1.82) is 0 Å². The summed E-state index contributed by atoms with van der Waals surface area (Å²) in [6.45, 7) is 2.89. The SMILES string of the molecule is C[C@@H]1CCCN1C(=O)CC(N)Cc1ccccc1F. The second kappa shape index (κ2) is 6.15. The van der Waals surface area contributed by atoms with Crippen LogP contribution in [0.3, 0.4) is 0 Å². The molecule has 2 N–H and O–H groups in total. The number of nitrogens with zero attached hydrogens (tertiary/aromatic N) is 1. The topological polar surface area (TPSA) is 46.3 Å². The Hall–Kier alpha value is -1.42. The number of hydrogen-bond donors (Lipinski definition) is 1. The zero-order valence-electron chi connectivity index (χ0n) is 11.3. The fourth-order valence-corrected chi connectivity index (χ4v) is 2.66. The summed E-state index contributed by atoms with van der Waals surface area (Å²) >= 11 is 0. The lowest BCUT2D eigenvalue weighted by atomic mass is 10.0. The Morgan fingerprint density at radius 1 is 1.53 bits per heavy atom. The van der Waals surface area contributed by atoms with Gasteiger partial charge in [0.05, 0.1) is 0 Å². The number of benzene rings is 1. The number of hydrogen-bond acceptors (Lipinski definition) is 2. The van der Waals surface area contributed by atoms with Gasteiger partial charge in [-0.15, -0.1) is 0 Å². The van der Waals surface area contributed by atoms with Crippen LogP contribution in [0.4, 0.5) is 4.39 Å². The summed E-state index contributed by atoms with van der Waals surface area (Å²) in [5, 5.41) is 0. The minimum absolute atomic E-state index is 0.0915. The molecule has 1 aliphatic heterocycles. The molecular formula is C15H21FN2O. The lowest BCUT2D eigenvalue weighted by Gasteiger charge is -2.23. The van der Waals surface area contributed by atoms with Crippen LogP contribution in [0, 0.1) is 5.82 Å². The van der Waals surface area contributed by atoms with Crippen LogP contribution >= 0.6 is 0 Å². The van der Waals surface area contributed by atoms with Gasteiger partial charge in [0.25, 0.3) is 0 Å². The van der Waals surface area contributed by atoms with E-state index in [0.29, 0.717) is 24.4 Å². The minimum atomic E-state index is -0.322. The van der Waals surface area contributed by atoms with Crippen molar-refractivity contribution in [1.82, 2.24) is 4.90 Å². The molecule has 0 radical (unpaired) electrons. The number of carbonyl (C=O) groups is 1. The smallest absolute Gasteiger partial charge is 0.224 e. The molecule has 1 aliphatic rings.